The Morgan fingerprint density at radius 1 is 1.14 bits per heavy atom. The number of likely N-dealkylation sites (N-methyl/N-ethyl adjacent to an activating group) is 1. The zero-order valence-corrected chi connectivity index (χ0v) is 20.7. The van der Waals surface area contributed by atoms with Gasteiger partial charge in [0.05, 0.1) is 0 Å². The number of carbonyl (C=O) groups is 1. The van der Waals surface area contributed by atoms with Crippen molar-refractivity contribution in [3.8, 4) is 11.1 Å². The molecule has 0 aliphatic carbocycles. The van der Waals surface area contributed by atoms with Gasteiger partial charge < -0.3 is 15.5 Å². The highest BCUT2D eigenvalue weighted by Gasteiger charge is 2.23. The summed E-state index contributed by atoms with van der Waals surface area (Å²) >= 11 is 3.60. The van der Waals surface area contributed by atoms with Gasteiger partial charge in [-0.25, -0.2) is 14.4 Å². The Bertz CT molecular complexity index is 1380. The molecule has 35 heavy (non-hydrogen) atoms. The molecular weight excluding hydrogens is 511 g/mol. The summed E-state index contributed by atoms with van der Waals surface area (Å²) in [6, 6.07) is 15.9. The van der Waals surface area contributed by atoms with Crippen LogP contribution in [-0.4, -0.2) is 51.9 Å². The van der Waals surface area contributed by atoms with Crippen molar-refractivity contribution in [1.82, 2.24) is 25.2 Å². The average molecular weight is 535 g/mol. The molecule has 178 valence electrons. The van der Waals surface area contributed by atoms with E-state index >= 15 is 0 Å². The summed E-state index contributed by atoms with van der Waals surface area (Å²) in [5, 5.41) is 6.83. The van der Waals surface area contributed by atoms with E-state index in [1.54, 1.807) is 18.3 Å². The minimum Gasteiger partial charge on any atom is -0.349 e. The molecule has 2 N–H and O–H groups in total. The van der Waals surface area contributed by atoms with Crippen molar-refractivity contribution in [3.63, 3.8) is 0 Å². The van der Waals surface area contributed by atoms with Crippen LogP contribution < -0.4 is 10.6 Å². The lowest BCUT2D eigenvalue weighted by Crippen LogP contribution is -2.38. The lowest BCUT2D eigenvalue weighted by molar-refractivity contribution is 0.0939. The van der Waals surface area contributed by atoms with Crippen molar-refractivity contribution in [2.75, 3.05) is 25.5 Å². The van der Waals surface area contributed by atoms with E-state index in [2.05, 4.69) is 53.5 Å². The van der Waals surface area contributed by atoms with E-state index in [-0.39, 0.29) is 11.7 Å². The van der Waals surface area contributed by atoms with Crippen LogP contribution >= 0.6 is 15.9 Å². The van der Waals surface area contributed by atoms with E-state index in [0.29, 0.717) is 46.5 Å². The number of nitrogens with zero attached hydrogens (tertiary/aromatic N) is 4. The lowest BCUT2D eigenvalue weighted by atomic mass is 10.0. The molecule has 5 rings (SSSR count). The topological polar surface area (TPSA) is 83.0 Å². The molecule has 2 aromatic carbocycles. The van der Waals surface area contributed by atoms with Crippen molar-refractivity contribution < 1.29 is 9.18 Å². The number of pyridine rings is 1. The maximum Gasteiger partial charge on any atom is 0.270 e. The number of hydrogen-bond acceptors (Lipinski definition) is 6. The minimum absolute atomic E-state index is 0.246. The van der Waals surface area contributed by atoms with Gasteiger partial charge in [-0.05, 0) is 68.4 Å². The third-order valence-electron chi connectivity index (χ3n) is 6.22. The Balaban J connectivity index is 1.51. The minimum atomic E-state index is -0.323. The van der Waals surface area contributed by atoms with Gasteiger partial charge in [-0.2, -0.15) is 4.98 Å². The molecule has 1 atom stereocenters. The molecule has 7 nitrogen and oxygen atoms in total. The van der Waals surface area contributed by atoms with Gasteiger partial charge in [0.1, 0.15) is 11.5 Å². The number of benzene rings is 2. The molecule has 1 fully saturated rings. The Labute approximate surface area is 210 Å². The summed E-state index contributed by atoms with van der Waals surface area (Å²) in [6.07, 6.45) is 3.86. The fourth-order valence-corrected chi connectivity index (χ4v) is 4.77. The second-order valence-electron chi connectivity index (χ2n) is 8.59. The van der Waals surface area contributed by atoms with Gasteiger partial charge in [0.15, 0.2) is 5.65 Å². The zero-order chi connectivity index (χ0) is 24.4. The summed E-state index contributed by atoms with van der Waals surface area (Å²) in [5.41, 5.74) is 2.90. The fraction of sp³-hybridized carbons (Fsp3) is 0.231. The Morgan fingerprint density at radius 3 is 2.69 bits per heavy atom. The van der Waals surface area contributed by atoms with E-state index in [1.165, 1.54) is 12.1 Å². The number of carbonyl (C=O) groups excluding carboxylic acids is 1. The molecule has 0 saturated carbocycles. The molecule has 1 unspecified atom stereocenters. The number of hydrogen-bond donors (Lipinski definition) is 2. The van der Waals surface area contributed by atoms with Crippen LogP contribution in [-0.2, 0) is 0 Å². The first-order valence-corrected chi connectivity index (χ1v) is 12.2. The third-order valence-corrected chi connectivity index (χ3v) is 6.91. The predicted molar refractivity (Wildman–Crippen MR) is 138 cm³/mol. The van der Waals surface area contributed by atoms with Gasteiger partial charge in [0, 0.05) is 39.9 Å². The van der Waals surface area contributed by atoms with E-state index in [0.717, 1.165) is 29.4 Å². The quantitative estimate of drug-likeness (QED) is 0.355. The van der Waals surface area contributed by atoms with Gasteiger partial charge in [-0.15, -0.1) is 0 Å². The van der Waals surface area contributed by atoms with Crippen LogP contribution in [0.5, 0.6) is 0 Å². The van der Waals surface area contributed by atoms with Gasteiger partial charge >= 0.3 is 0 Å². The molecule has 1 saturated heterocycles. The van der Waals surface area contributed by atoms with Crippen LogP contribution in [0.25, 0.3) is 22.2 Å². The molecule has 1 aliphatic heterocycles. The highest BCUT2D eigenvalue weighted by Crippen LogP contribution is 2.32. The number of rotatable bonds is 6. The normalized spacial score (nSPS) is 15.9. The zero-order valence-electron chi connectivity index (χ0n) is 19.1. The number of nitrogens with one attached hydrogen (secondary N) is 2. The highest BCUT2D eigenvalue weighted by atomic mass is 79.9. The summed E-state index contributed by atoms with van der Waals surface area (Å²) in [6.45, 7) is 1.60. The van der Waals surface area contributed by atoms with Gasteiger partial charge in [0.25, 0.3) is 5.91 Å². The molecule has 4 aromatic rings. The molecule has 0 radical (unpaired) electrons. The molecule has 0 bridgehead atoms. The second-order valence-corrected chi connectivity index (χ2v) is 9.44. The van der Waals surface area contributed by atoms with Crippen molar-refractivity contribution in [2.45, 2.75) is 18.9 Å². The summed E-state index contributed by atoms with van der Waals surface area (Å²) < 4.78 is 14.1. The van der Waals surface area contributed by atoms with Gasteiger partial charge in [0.2, 0.25) is 5.95 Å². The van der Waals surface area contributed by atoms with Crippen molar-refractivity contribution in [1.29, 1.82) is 0 Å². The first-order valence-electron chi connectivity index (χ1n) is 11.4. The maximum absolute atomic E-state index is 13.4. The van der Waals surface area contributed by atoms with Crippen LogP contribution in [0, 0.1) is 5.82 Å². The third kappa shape index (κ3) is 5.16. The van der Waals surface area contributed by atoms with Crippen molar-refractivity contribution in [2.24, 2.45) is 0 Å². The number of fused-ring (bicyclic) bond motifs is 1. The lowest BCUT2D eigenvalue weighted by Gasteiger charge is -2.20. The standard InChI is InChI=1S/C26H24BrFN6O/c1-34-12-4-5-19(34)15-29-25(35)23-21(20-6-2-3-7-22(20)27)13-16-14-30-26(33-24(16)32-23)31-18-10-8-17(28)9-11-18/h2-3,6-11,13-14,19H,4-5,12,15H2,1H3,(H,29,35)(H,30,31,32,33). The first kappa shape index (κ1) is 23.3. The number of halogens is 2. The summed E-state index contributed by atoms with van der Waals surface area (Å²) in [5.74, 6) is -0.260. The number of aromatic nitrogens is 3. The van der Waals surface area contributed by atoms with E-state index < -0.39 is 0 Å². The largest absolute Gasteiger partial charge is 0.349 e. The number of anilines is 2. The second kappa shape index (κ2) is 10.1. The van der Waals surface area contributed by atoms with Gasteiger partial charge in [-0.3, -0.25) is 4.79 Å². The van der Waals surface area contributed by atoms with E-state index in [1.807, 2.05) is 30.3 Å². The Hall–Kier alpha value is -3.43. The van der Waals surface area contributed by atoms with Crippen LogP contribution in [0.3, 0.4) is 0 Å². The molecule has 9 heteroatoms. The fourth-order valence-electron chi connectivity index (χ4n) is 4.28. The van der Waals surface area contributed by atoms with Gasteiger partial charge in [-0.1, -0.05) is 34.1 Å². The molecule has 0 spiro atoms. The Morgan fingerprint density at radius 2 is 1.94 bits per heavy atom. The average Bonchev–Trinajstić information content (AvgIpc) is 3.28. The van der Waals surface area contributed by atoms with E-state index in [9.17, 15) is 9.18 Å². The molecule has 1 amide bonds. The molecule has 2 aromatic heterocycles. The Kier molecular flexibility index (Phi) is 6.70. The first-order chi connectivity index (χ1) is 17.0. The van der Waals surface area contributed by atoms with Crippen LogP contribution in [0.15, 0.2) is 65.3 Å². The maximum atomic E-state index is 13.4. The number of amides is 1. The smallest absolute Gasteiger partial charge is 0.270 e. The monoisotopic (exact) mass is 534 g/mol. The van der Waals surface area contributed by atoms with E-state index in [4.69, 9.17) is 0 Å². The molecule has 1 aliphatic rings. The highest BCUT2D eigenvalue weighted by molar-refractivity contribution is 9.10. The van der Waals surface area contributed by atoms with Crippen LogP contribution in [0.2, 0.25) is 0 Å². The predicted octanol–water partition coefficient (Wildman–Crippen LogP) is 5.16. The van der Waals surface area contributed by atoms with Crippen molar-refractivity contribution >= 4 is 44.5 Å². The van der Waals surface area contributed by atoms with Crippen LogP contribution in [0.4, 0.5) is 16.0 Å². The summed E-state index contributed by atoms with van der Waals surface area (Å²) in [7, 11) is 2.08. The van der Waals surface area contributed by atoms with Crippen molar-refractivity contribution in [3.05, 3.63) is 76.8 Å². The molecular formula is C26H24BrFN6O. The summed E-state index contributed by atoms with van der Waals surface area (Å²) in [4.78, 5) is 29.2. The number of likely N-dealkylation sites (tertiary alicyclic amines) is 1. The SMILES string of the molecule is CN1CCCC1CNC(=O)c1nc2nc(Nc3ccc(F)cc3)ncc2cc1-c1ccccc1Br. The van der Waals surface area contributed by atoms with Crippen LogP contribution in [0.1, 0.15) is 23.3 Å². The molecule has 3 heterocycles.